The van der Waals surface area contributed by atoms with Crippen LogP contribution in [0.3, 0.4) is 0 Å². The highest BCUT2D eigenvalue weighted by atomic mass is 16.5. The fraction of sp³-hybridized carbons (Fsp3) is 0.952. The monoisotopic (exact) mass is 605 g/mol. The fourth-order valence-corrected chi connectivity index (χ4v) is 11.2. The van der Waals surface area contributed by atoms with Gasteiger partial charge in [-0.05, 0) is 128 Å². The summed E-state index contributed by atoms with van der Waals surface area (Å²) in [6, 6.07) is 0. The van der Waals surface area contributed by atoms with Crippen molar-refractivity contribution >= 4 is 0 Å². The molecule has 6 aliphatic rings. The van der Waals surface area contributed by atoms with Gasteiger partial charge in [0.2, 0.25) is 0 Å². The summed E-state index contributed by atoms with van der Waals surface area (Å²) >= 11 is 0. The fourth-order valence-electron chi connectivity index (χ4n) is 11.2. The van der Waals surface area contributed by atoms with Gasteiger partial charge in [-0.3, -0.25) is 0 Å². The van der Waals surface area contributed by atoms with Gasteiger partial charge in [-0.15, -0.1) is 0 Å². The molecule has 0 amide bonds. The summed E-state index contributed by atoms with van der Waals surface area (Å²) in [4.78, 5) is 0. The summed E-state index contributed by atoms with van der Waals surface area (Å²) in [6.07, 6.45) is 23.1. The molecule has 0 radical (unpaired) electrons. The van der Waals surface area contributed by atoms with Crippen LogP contribution in [-0.2, 0) is 4.74 Å². The smallest absolute Gasteiger partial charge is 0.0547 e. The van der Waals surface area contributed by atoms with Gasteiger partial charge in [0.15, 0.2) is 0 Å². The Morgan fingerprint density at radius 2 is 1.16 bits per heavy atom. The second-order valence-electron chi connectivity index (χ2n) is 15.1. The zero-order chi connectivity index (χ0) is 33.7. The molecule has 0 aromatic carbocycles. The van der Waals surface area contributed by atoms with Crippen molar-refractivity contribution in [1.29, 1.82) is 0 Å². The highest BCUT2D eigenvalue weighted by Gasteiger charge is 2.68. The van der Waals surface area contributed by atoms with Gasteiger partial charge in [0.1, 0.15) is 0 Å². The molecule has 43 heavy (non-hydrogen) atoms. The summed E-state index contributed by atoms with van der Waals surface area (Å²) in [5.74, 6) is 3.85. The van der Waals surface area contributed by atoms with Crippen molar-refractivity contribution in [2.45, 2.75) is 201 Å². The Labute approximate surface area is 274 Å². The van der Waals surface area contributed by atoms with E-state index in [-0.39, 0.29) is 0 Å². The number of hydrogen-bond donors (Lipinski definition) is 0. The molecule has 0 aromatic heterocycles. The Hall–Kier alpha value is -0.300. The molecule has 5 aliphatic carbocycles. The van der Waals surface area contributed by atoms with Crippen molar-refractivity contribution in [2.24, 2.45) is 50.7 Å². The molecule has 1 heterocycles. The molecule has 4 saturated carbocycles. The topological polar surface area (TPSA) is 9.23 Å². The summed E-state index contributed by atoms with van der Waals surface area (Å²) < 4.78 is 5.15. The van der Waals surface area contributed by atoms with Gasteiger partial charge in [0.05, 0.1) is 6.10 Å². The van der Waals surface area contributed by atoms with Gasteiger partial charge in [0.25, 0.3) is 0 Å². The molecule has 1 heteroatoms. The minimum Gasteiger partial charge on any atom is -0.379 e. The molecule has 1 aliphatic heterocycles. The van der Waals surface area contributed by atoms with Crippen LogP contribution in [0, 0.1) is 50.7 Å². The zero-order valence-electron chi connectivity index (χ0n) is 33.1. The summed E-state index contributed by atoms with van der Waals surface area (Å²) in [6.45, 7) is 39.1. The average Bonchev–Trinajstić information content (AvgIpc) is 3.67. The first-order valence-electron chi connectivity index (χ1n) is 19.8. The molecule has 5 fully saturated rings. The van der Waals surface area contributed by atoms with E-state index in [1.54, 1.807) is 0 Å². The first-order valence-corrected chi connectivity index (χ1v) is 19.8. The largest absolute Gasteiger partial charge is 0.379 e. The molecule has 0 aromatic rings. The van der Waals surface area contributed by atoms with Crippen LogP contribution in [0.4, 0.5) is 0 Å². The van der Waals surface area contributed by atoms with Crippen LogP contribution in [0.25, 0.3) is 0 Å². The van der Waals surface area contributed by atoms with Crippen molar-refractivity contribution in [3.05, 3.63) is 12.2 Å². The quantitative estimate of drug-likeness (QED) is 0.250. The van der Waals surface area contributed by atoms with E-state index in [0.717, 1.165) is 30.3 Å². The van der Waals surface area contributed by atoms with E-state index < -0.39 is 0 Å². The highest BCUT2D eigenvalue weighted by Crippen LogP contribution is 2.76. The second kappa shape index (κ2) is 18.7. The van der Waals surface area contributed by atoms with Crippen LogP contribution >= 0.6 is 0 Å². The van der Waals surface area contributed by atoms with Gasteiger partial charge in [-0.25, -0.2) is 0 Å². The van der Waals surface area contributed by atoms with Crippen molar-refractivity contribution in [1.82, 2.24) is 0 Å². The minimum absolute atomic E-state index is 0.392. The molecule has 0 spiro atoms. The average molecular weight is 605 g/mol. The predicted octanol–water partition coefficient (Wildman–Crippen LogP) is 14.3. The molecular formula is C42H84O. The lowest BCUT2D eigenvalue weighted by molar-refractivity contribution is -0.222. The molecule has 0 N–H and O–H groups in total. The Bertz CT molecular complexity index is 761. The van der Waals surface area contributed by atoms with Gasteiger partial charge in [-0.2, -0.15) is 0 Å². The van der Waals surface area contributed by atoms with E-state index in [0.29, 0.717) is 33.2 Å². The van der Waals surface area contributed by atoms with Crippen LogP contribution < -0.4 is 0 Å². The van der Waals surface area contributed by atoms with Gasteiger partial charge >= 0.3 is 0 Å². The van der Waals surface area contributed by atoms with E-state index >= 15 is 0 Å². The number of rotatable bonds is 0. The Balaban J connectivity index is 0.000000933. The first-order chi connectivity index (χ1) is 20.5. The predicted molar refractivity (Wildman–Crippen MR) is 197 cm³/mol. The van der Waals surface area contributed by atoms with E-state index in [1.807, 2.05) is 69.2 Å². The summed E-state index contributed by atoms with van der Waals surface area (Å²) in [7, 11) is 0. The van der Waals surface area contributed by atoms with Crippen LogP contribution in [0.2, 0.25) is 0 Å². The van der Waals surface area contributed by atoms with Crippen LogP contribution in [0.5, 0.6) is 0 Å². The van der Waals surface area contributed by atoms with Crippen molar-refractivity contribution in [3.8, 4) is 0 Å². The van der Waals surface area contributed by atoms with E-state index in [1.165, 1.54) is 77.0 Å². The van der Waals surface area contributed by atoms with Gasteiger partial charge in [-0.1, -0.05) is 129 Å². The second-order valence-corrected chi connectivity index (χ2v) is 15.1. The number of fused-ring (bicyclic) bond motifs is 7. The lowest BCUT2D eigenvalue weighted by Crippen LogP contribution is -2.64. The van der Waals surface area contributed by atoms with Crippen molar-refractivity contribution in [2.75, 3.05) is 6.61 Å². The third-order valence-electron chi connectivity index (χ3n) is 13.2. The number of hydrogen-bond acceptors (Lipinski definition) is 1. The SMILES string of the molecule is CC.CC.CC.CC.CC.CC1(C)C=CC[C@@]2(C)C1CC[C@]1(C)C2CC[C@@H]2[C@H]3CCC[C@]3(C)CC[C@]21C.CC1CCCO1. The zero-order valence-corrected chi connectivity index (χ0v) is 33.1. The minimum atomic E-state index is 0.392. The molecule has 9 atom stereocenters. The van der Waals surface area contributed by atoms with Crippen LogP contribution in [0.1, 0.15) is 195 Å². The lowest BCUT2D eigenvalue weighted by Gasteiger charge is -2.71. The maximum Gasteiger partial charge on any atom is 0.0547 e. The maximum atomic E-state index is 5.15. The van der Waals surface area contributed by atoms with Crippen LogP contribution in [0.15, 0.2) is 12.2 Å². The van der Waals surface area contributed by atoms with Crippen LogP contribution in [-0.4, -0.2) is 12.7 Å². The molecule has 1 nitrogen and oxygen atoms in total. The van der Waals surface area contributed by atoms with Gasteiger partial charge < -0.3 is 4.74 Å². The summed E-state index contributed by atoms with van der Waals surface area (Å²) in [5.41, 5.74) is 2.75. The number of ether oxygens (including phenoxy) is 1. The highest BCUT2D eigenvalue weighted by molar-refractivity contribution is 5.21. The van der Waals surface area contributed by atoms with E-state index in [9.17, 15) is 0 Å². The van der Waals surface area contributed by atoms with Crippen molar-refractivity contribution in [3.63, 3.8) is 0 Å². The third-order valence-corrected chi connectivity index (χ3v) is 13.2. The number of allylic oxidation sites excluding steroid dienone is 2. The van der Waals surface area contributed by atoms with E-state index in [4.69, 9.17) is 4.74 Å². The Morgan fingerprint density at radius 3 is 1.67 bits per heavy atom. The standard InChI is InChI=1S/C27H44.C5H10O.5C2H6/c1-23(2)13-8-15-25(4)21(23)12-16-27(6)22(25)11-10-20-19-9-7-14-24(19,3)17-18-26(20,27)5;1-5-3-2-4-6-5;5*1-2/h8,13,19-22H,7,9-12,14-18H2,1-6H3;5H,2-4H2,1H3;5*1-2H3/t19-,20-,21?,22?,24-,25+,26-,27-;;;;;;/m1....../s1. The molecule has 258 valence electrons. The summed E-state index contributed by atoms with van der Waals surface area (Å²) in [5, 5.41) is 0. The molecule has 1 saturated heterocycles. The maximum absolute atomic E-state index is 5.15. The van der Waals surface area contributed by atoms with E-state index in [2.05, 4.69) is 60.6 Å². The normalized spacial score (nSPS) is 42.4. The van der Waals surface area contributed by atoms with Gasteiger partial charge in [0, 0.05) is 6.61 Å². The van der Waals surface area contributed by atoms with Crippen molar-refractivity contribution < 1.29 is 4.74 Å². The molecule has 3 unspecified atom stereocenters. The molecular weight excluding hydrogens is 520 g/mol. The third kappa shape index (κ3) is 8.35. The Morgan fingerprint density at radius 1 is 0.558 bits per heavy atom. The molecule has 0 bridgehead atoms. The molecule has 6 rings (SSSR count). The first kappa shape index (κ1) is 42.7. The lowest BCUT2D eigenvalue weighted by atomic mass is 9.33. The Kier molecular flexibility index (Phi) is 18.6.